The lowest BCUT2D eigenvalue weighted by Gasteiger charge is -2.21. The van der Waals surface area contributed by atoms with Gasteiger partial charge in [-0.2, -0.15) is 0 Å². The number of thiazole rings is 1. The number of aliphatic hydroxyl groups excluding tert-OH is 1. The molecule has 1 aliphatic heterocycles. The van der Waals surface area contributed by atoms with Crippen LogP contribution in [-0.4, -0.2) is 21.8 Å². The molecule has 5 rings (SSSR count). The van der Waals surface area contributed by atoms with E-state index in [4.69, 9.17) is 0 Å². The maximum Gasteiger partial charge on any atom is 0.301 e. The van der Waals surface area contributed by atoms with Crippen molar-refractivity contribution in [1.29, 1.82) is 0 Å². The molecule has 1 amide bonds. The Morgan fingerprint density at radius 3 is 2.48 bits per heavy atom. The fourth-order valence-corrected chi connectivity index (χ4v) is 5.33. The van der Waals surface area contributed by atoms with Crippen LogP contribution >= 0.6 is 22.7 Å². The van der Waals surface area contributed by atoms with Gasteiger partial charge < -0.3 is 5.11 Å². The van der Waals surface area contributed by atoms with Gasteiger partial charge in [0.15, 0.2) is 16.8 Å². The second-order valence-electron chi connectivity index (χ2n) is 6.78. The molecule has 9 heteroatoms. The molecule has 1 unspecified atom stereocenters. The van der Waals surface area contributed by atoms with E-state index in [2.05, 4.69) is 4.98 Å². The normalized spacial score (nSPS) is 18.3. The number of nitrogens with zero attached hydrogens (tertiary/aromatic N) is 2. The van der Waals surface area contributed by atoms with Gasteiger partial charge in [-0.1, -0.05) is 47.7 Å². The number of thiophene rings is 1. The van der Waals surface area contributed by atoms with Crippen molar-refractivity contribution in [1.82, 2.24) is 4.98 Å². The van der Waals surface area contributed by atoms with E-state index in [1.165, 1.54) is 16.2 Å². The van der Waals surface area contributed by atoms with Crippen LogP contribution in [0.15, 0.2) is 65.6 Å². The molecule has 3 heterocycles. The largest absolute Gasteiger partial charge is 0.507 e. The lowest BCUT2D eigenvalue weighted by molar-refractivity contribution is -0.132. The van der Waals surface area contributed by atoms with E-state index >= 15 is 0 Å². The lowest BCUT2D eigenvalue weighted by Crippen LogP contribution is -2.28. The predicted molar refractivity (Wildman–Crippen MR) is 115 cm³/mol. The Labute approximate surface area is 182 Å². The molecular weight excluding hydrogens is 442 g/mol. The van der Waals surface area contributed by atoms with Crippen LogP contribution < -0.4 is 4.90 Å². The highest BCUT2D eigenvalue weighted by Crippen LogP contribution is 2.45. The fourth-order valence-electron chi connectivity index (χ4n) is 3.51. The van der Waals surface area contributed by atoms with Gasteiger partial charge in [0.05, 0.1) is 15.8 Å². The van der Waals surface area contributed by atoms with Crippen molar-refractivity contribution in [2.24, 2.45) is 0 Å². The first-order chi connectivity index (χ1) is 15.0. The zero-order valence-corrected chi connectivity index (χ0v) is 17.2. The van der Waals surface area contributed by atoms with Crippen LogP contribution in [0.2, 0.25) is 0 Å². The summed E-state index contributed by atoms with van der Waals surface area (Å²) in [5.74, 6) is -4.08. The highest BCUT2D eigenvalue weighted by molar-refractivity contribution is 7.22. The number of carbonyl (C=O) groups excluding carboxylic acids is 2. The van der Waals surface area contributed by atoms with E-state index in [1.807, 2.05) is 0 Å². The molecular formula is C22H12F2N2O3S2. The summed E-state index contributed by atoms with van der Waals surface area (Å²) in [6.07, 6.45) is 0. The standard InChI is InChI=1S/C22H12F2N2O3S2/c23-12-9-14-16(10-13(12)24)31-22(25-14)26-18(15-7-4-8-30-15)17(20(28)21(26)29)19(27)11-5-2-1-3-6-11/h1-10,18,27H/b19-17+. The molecule has 1 atom stereocenters. The molecule has 0 radical (unpaired) electrons. The average molecular weight is 454 g/mol. The van der Waals surface area contributed by atoms with Crippen LogP contribution in [0.3, 0.4) is 0 Å². The van der Waals surface area contributed by atoms with Gasteiger partial charge in [0, 0.05) is 16.5 Å². The number of carbonyl (C=O) groups is 2. The fraction of sp³-hybridized carbons (Fsp3) is 0.0455. The molecule has 2 aromatic carbocycles. The monoisotopic (exact) mass is 454 g/mol. The molecule has 1 fully saturated rings. The number of amides is 1. The minimum Gasteiger partial charge on any atom is -0.507 e. The molecule has 154 valence electrons. The van der Waals surface area contributed by atoms with E-state index in [9.17, 15) is 23.5 Å². The smallest absolute Gasteiger partial charge is 0.301 e. The number of fused-ring (bicyclic) bond motifs is 1. The molecule has 1 N–H and O–H groups in total. The minimum atomic E-state index is -1.05. The third kappa shape index (κ3) is 3.13. The number of aromatic nitrogens is 1. The highest BCUT2D eigenvalue weighted by atomic mass is 32.1. The highest BCUT2D eigenvalue weighted by Gasteiger charge is 2.48. The number of hydrogen-bond donors (Lipinski definition) is 1. The SMILES string of the molecule is O=C1C(=O)N(c2nc3cc(F)c(F)cc3s2)C(c2cccs2)/C1=C(\O)c1ccccc1. The zero-order valence-electron chi connectivity index (χ0n) is 15.6. The van der Waals surface area contributed by atoms with Crippen molar-refractivity contribution in [2.75, 3.05) is 4.90 Å². The van der Waals surface area contributed by atoms with Gasteiger partial charge in [0.1, 0.15) is 11.8 Å². The third-order valence-electron chi connectivity index (χ3n) is 4.93. The van der Waals surface area contributed by atoms with Crippen LogP contribution in [0.1, 0.15) is 16.5 Å². The maximum absolute atomic E-state index is 13.7. The second-order valence-corrected chi connectivity index (χ2v) is 8.77. The Morgan fingerprint density at radius 1 is 1.03 bits per heavy atom. The van der Waals surface area contributed by atoms with Crippen molar-refractivity contribution in [3.05, 3.63) is 87.6 Å². The molecule has 2 aromatic heterocycles. The van der Waals surface area contributed by atoms with Gasteiger partial charge in [0.25, 0.3) is 5.78 Å². The third-order valence-corrected chi connectivity index (χ3v) is 6.87. The van der Waals surface area contributed by atoms with E-state index in [0.29, 0.717) is 15.1 Å². The Bertz CT molecular complexity index is 1330. The summed E-state index contributed by atoms with van der Waals surface area (Å²) in [4.78, 5) is 32.1. The molecule has 1 saturated heterocycles. The number of Topliss-reactive ketones (excluding diaryl/α,β-unsaturated/α-hetero) is 1. The van der Waals surface area contributed by atoms with E-state index in [0.717, 1.165) is 23.5 Å². The Hall–Kier alpha value is -3.43. The van der Waals surface area contributed by atoms with Crippen LogP contribution in [0, 0.1) is 11.6 Å². The molecule has 0 spiro atoms. The van der Waals surface area contributed by atoms with Crippen molar-refractivity contribution in [3.8, 4) is 0 Å². The van der Waals surface area contributed by atoms with Gasteiger partial charge in [-0.3, -0.25) is 14.5 Å². The number of ketones is 1. The van der Waals surface area contributed by atoms with Gasteiger partial charge in [0.2, 0.25) is 0 Å². The first kappa shape index (κ1) is 19.5. The quantitative estimate of drug-likeness (QED) is 0.260. The topological polar surface area (TPSA) is 70.5 Å². The van der Waals surface area contributed by atoms with Crippen molar-refractivity contribution >= 4 is 55.5 Å². The van der Waals surface area contributed by atoms with E-state index < -0.39 is 29.4 Å². The van der Waals surface area contributed by atoms with Crippen molar-refractivity contribution in [3.63, 3.8) is 0 Å². The summed E-state index contributed by atoms with van der Waals surface area (Å²) in [5, 5.41) is 12.8. The van der Waals surface area contributed by atoms with Crippen LogP contribution in [0.4, 0.5) is 13.9 Å². The number of hydrogen-bond acceptors (Lipinski definition) is 6. The molecule has 0 bridgehead atoms. The summed E-state index contributed by atoms with van der Waals surface area (Å²) in [6, 6.07) is 13.0. The summed E-state index contributed by atoms with van der Waals surface area (Å²) in [5.41, 5.74) is 0.513. The van der Waals surface area contributed by atoms with Gasteiger partial charge in [-0.25, -0.2) is 13.8 Å². The van der Waals surface area contributed by atoms with Crippen molar-refractivity contribution < 1.29 is 23.5 Å². The Morgan fingerprint density at radius 2 is 1.77 bits per heavy atom. The summed E-state index contributed by atoms with van der Waals surface area (Å²) in [7, 11) is 0. The molecule has 31 heavy (non-hydrogen) atoms. The number of benzene rings is 2. The summed E-state index contributed by atoms with van der Waals surface area (Å²) >= 11 is 2.29. The summed E-state index contributed by atoms with van der Waals surface area (Å²) < 4.78 is 27.6. The predicted octanol–water partition coefficient (Wildman–Crippen LogP) is 5.26. The molecule has 5 nitrogen and oxygen atoms in total. The number of halogens is 2. The molecule has 1 aliphatic rings. The molecule has 0 aliphatic carbocycles. The number of rotatable bonds is 3. The van der Waals surface area contributed by atoms with Crippen LogP contribution in [-0.2, 0) is 9.59 Å². The Kier molecular flexibility index (Phi) is 4.64. The Balaban J connectivity index is 1.72. The first-order valence-corrected chi connectivity index (χ1v) is 10.8. The van der Waals surface area contributed by atoms with Crippen molar-refractivity contribution in [2.45, 2.75) is 6.04 Å². The number of anilines is 1. The average Bonchev–Trinajstić information content (AvgIpc) is 3.48. The van der Waals surface area contributed by atoms with E-state index in [1.54, 1.807) is 47.8 Å². The van der Waals surface area contributed by atoms with Gasteiger partial charge in [-0.15, -0.1) is 11.3 Å². The van der Waals surface area contributed by atoms with Gasteiger partial charge >= 0.3 is 5.91 Å². The molecule has 0 saturated carbocycles. The van der Waals surface area contributed by atoms with Gasteiger partial charge in [-0.05, 0) is 17.5 Å². The first-order valence-electron chi connectivity index (χ1n) is 9.11. The van der Waals surface area contributed by atoms with E-state index in [-0.39, 0.29) is 22.0 Å². The van der Waals surface area contributed by atoms with Crippen LogP contribution in [0.25, 0.3) is 16.0 Å². The van der Waals surface area contributed by atoms with Crippen LogP contribution in [0.5, 0.6) is 0 Å². The zero-order chi connectivity index (χ0) is 21.7. The lowest BCUT2D eigenvalue weighted by atomic mass is 10.00. The minimum absolute atomic E-state index is 0.0599. The maximum atomic E-state index is 13.7. The second kappa shape index (κ2) is 7.36. The summed E-state index contributed by atoms with van der Waals surface area (Å²) in [6.45, 7) is 0. The molecule has 4 aromatic rings. The number of aliphatic hydroxyl groups is 1.